The maximum atomic E-state index is 6.17. The van der Waals surface area contributed by atoms with Gasteiger partial charge in [-0.3, -0.25) is 0 Å². The van der Waals surface area contributed by atoms with E-state index < -0.39 is 0 Å². The Morgan fingerprint density at radius 2 is 1.75 bits per heavy atom. The molecule has 2 aromatic rings. The number of nitrogens with two attached hydrogens (primary N) is 1. The highest BCUT2D eigenvalue weighted by Gasteiger charge is 2.16. The number of benzene rings is 1. The molecule has 0 saturated heterocycles. The van der Waals surface area contributed by atoms with Gasteiger partial charge in [0.15, 0.2) is 11.5 Å². The molecule has 0 amide bonds. The summed E-state index contributed by atoms with van der Waals surface area (Å²) in [6, 6.07) is 3.53. The topological polar surface area (TPSA) is 66.6 Å². The summed E-state index contributed by atoms with van der Waals surface area (Å²) in [4.78, 5) is 4.24. The third-order valence-electron chi connectivity index (χ3n) is 3.06. The molecule has 1 aromatic carbocycles. The fourth-order valence-electron chi connectivity index (χ4n) is 2.00. The zero-order valence-corrected chi connectivity index (χ0v) is 12.6. The smallest absolute Gasteiger partial charge is 0.164 e. The van der Waals surface area contributed by atoms with Crippen molar-refractivity contribution >= 4 is 11.3 Å². The summed E-state index contributed by atoms with van der Waals surface area (Å²) in [5, 5.41) is 1.96. The van der Waals surface area contributed by atoms with E-state index in [1.807, 2.05) is 17.5 Å². The van der Waals surface area contributed by atoms with Crippen LogP contribution in [0, 0.1) is 0 Å². The van der Waals surface area contributed by atoms with E-state index in [1.165, 1.54) is 11.3 Å². The van der Waals surface area contributed by atoms with Crippen LogP contribution in [0.3, 0.4) is 0 Å². The molecule has 1 unspecified atom stereocenters. The van der Waals surface area contributed by atoms with E-state index in [1.54, 1.807) is 26.8 Å². The predicted octanol–water partition coefficient (Wildman–Crippen LogP) is 2.41. The van der Waals surface area contributed by atoms with Crippen LogP contribution in [0.4, 0.5) is 0 Å². The second kappa shape index (κ2) is 6.58. The third-order valence-corrected chi connectivity index (χ3v) is 3.66. The van der Waals surface area contributed by atoms with Gasteiger partial charge in [-0.1, -0.05) is 0 Å². The summed E-state index contributed by atoms with van der Waals surface area (Å²) in [5.74, 6) is 2.03. The fourth-order valence-corrected chi connectivity index (χ4v) is 2.62. The first-order valence-corrected chi connectivity index (χ1v) is 7.06. The quantitative estimate of drug-likeness (QED) is 0.886. The van der Waals surface area contributed by atoms with Crippen LogP contribution in [0.1, 0.15) is 17.3 Å². The Morgan fingerprint density at radius 1 is 1.10 bits per heavy atom. The first-order chi connectivity index (χ1) is 9.69. The van der Waals surface area contributed by atoms with Crippen LogP contribution < -0.4 is 19.9 Å². The summed E-state index contributed by atoms with van der Waals surface area (Å²) in [5.41, 5.74) is 9.80. The van der Waals surface area contributed by atoms with E-state index in [2.05, 4.69) is 4.98 Å². The molecule has 0 radical (unpaired) electrons. The van der Waals surface area contributed by atoms with Crippen molar-refractivity contribution in [1.29, 1.82) is 0 Å². The second-order valence-corrected chi connectivity index (χ2v) is 4.96. The number of ether oxygens (including phenoxy) is 3. The molecule has 1 atom stereocenters. The Morgan fingerprint density at radius 3 is 2.30 bits per heavy atom. The molecule has 20 heavy (non-hydrogen) atoms. The molecular weight excluding hydrogens is 276 g/mol. The largest absolute Gasteiger partial charge is 0.496 e. The van der Waals surface area contributed by atoms with Gasteiger partial charge in [0.2, 0.25) is 0 Å². The van der Waals surface area contributed by atoms with Crippen molar-refractivity contribution < 1.29 is 14.2 Å². The molecule has 0 spiro atoms. The molecule has 0 fully saturated rings. The fraction of sp³-hybridized carbons (Fsp3) is 0.357. The molecule has 5 nitrogen and oxygen atoms in total. The molecule has 2 rings (SSSR count). The lowest BCUT2D eigenvalue weighted by Gasteiger charge is -2.16. The van der Waals surface area contributed by atoms with Crippen molar-refractivity contribution in [2.45, 2.75) is 12.5 Å². The summed E-state index contributed by atoms with van der Waals surface area (Å²) < 4.78 is 16.0. The highest BCUT2D eigenvalue weighted by Crippen LogP contribution is 2.36. The van der Waals surface area contributed by atoms with Crippen molar-refractivity contribution in [2.75, 3.05) is 21.3 Å². The van der Waals surface area contributed by atoms with E-state index in [4.69, 9.17) is 19.9 Å². The van der Waals surface area contributed by atoms with Gasteiger partial charge in [0.25, 0.3) is 0 Å². The minimum atomic E-state index is -0.173. The van der Waals surface area contributed by atoms with Crippen molar-refractivity contribution in [3.63, 3.8) is 0 Å². The second-order valence-electron chi connectivity index (χ2n) is 4.24. The van der Waals surface area contributed by atoms with Crippen molar-refractivity contribution in [1.82, 2.24) is 4.98 Å². The average Bonchev–Trinajstić information content (AvgIpc) is 3.01. The lowest BCUT2D eigenvalue weighted by atomic mass is 10.0. The van der Waals surface area contributed by atoms with Crippen molar-refractivity contribution in [3.05, 3.63) is 34.3 Å². The minimum Gasteiger partial charge on any atom is -0.496 e. The standard InChI is InChI=1S/C14H18N2O3S/c1-17-12-6-14(19-3)13(18-2)5-9(12)4-10(15)11-7-20-8-16-11/h5-8,10H,4,15H2,1-3H3. The SMILES string of the molecule is COc1cc(OC)c(OC)cc1CC(N)c1cscn1. The zero-order valence-electron chi connectivity index (χ0n) is 11.8. The Balaban J connectivity index is 2.30. The van der Waals surface area contributed by atoms with Gasteiger partial charge in [-0.25, -0.2) is 4.98 Å². The monoisotopic (exact) mass is 294 g/mol. The highest BCUT2D eigenvalue weighted by atomic mass is 32.1. The molecule has 0 bridgehead atoms. The van der Waals surface area contributed by atoms with Crippen molar-refractivity contribution in [2.24, 2.45) is 5.73 Å². The maximum absolute atomic E-state index is 6.17. The Hall–Kier alpha value is -1.79. The lowest BCUT2D eigenvalue weighted by Crippen LogP contribution is -2.14. The van der Waals surface area contributed by atoms with E-state index in [0.717, 1.165) is 17.0 Å². The molecule has 1 aromatic heterocycles. The first-order valence-electron chi connectivity index (χ1n) is 6.12. The van der Waals surface area contributed by atoms with E-state index in [0.29, 0.717) is 17.9 Å². The number of nitrogens with zero attached hydrogens (tertiary/aromatic N) is 1. The highest BCUT2D eigenvalue weighted by molar-refractivity contribution is 7.07. The summed E-state index contributed by atoms with van der Waals surface area (Å²) in [6.07, 6.45) is 0.618. The number of hydrogen-bond donors (Lipinski definition) is 1. The van der Waals surface area contributed by atoms with Crippen molar-refractivity contribution in [3.8, 4) is 17.2 Å². The van der Waals surface area contributed by atoms with Crippen LogP contribution >= 0.6 is 11.3 Å². The molecule has 0 aliphatic heterocycles. The third kappa shape index (κ3) is 3.02. The lowest BCUT2D eigenvalue weighted by molar-refractivity contribution is 0.347. The Kier molecular flexibility index (Phi) is 4.81. The predicted molar refractivity (Wildman–Crippen MR) is 78.8 cm³/mol. The van der Waals surface area contributed by atoms with E-state index in [9.17, 15) is 0 Å². The molecule has 108 valence electrons. The maximum Gasteiger partial charge on any atom is 0.164 e. The summed E-state index contributed by atoms with van der Waals surface area (Å²) >= 11 is 1.54. The molecular formula is C14H18N2O3S. The molecule has 2 N–H and O–H groups in total. The minimum absolute atomic E-state index is 0.173. The van der Waals surface area contributed by atoms with Crippen LogP contribution in [0.5, 0.6) is 17.2 Å². The number of aromatic nitrogens is 1. The molecule has 0 aliphatic rings. The van der Waals surface area contributed by atoms with Gasteiger partial charge < -0.3 is 19.9 Å². The van der Waals surface area contributed by atoms with Gasteiger partial charge in [-0.05, 0) is 18.1 Å². The van der Waals surface area contributed by atoms with Gasteiger partial charge in [0, 0.05) is 11.4 Å². The number of methoxy groups -OCH3 is 3. The van der Waals surface area contributed by atoms with Crippen LogP contribution in [0.25, 0.3) is 0 Å². The van der Waals surface area contributed by atoms with Crippen LogP contribution in [0.2, 0.25) is 0 Å². The molecule has 1 heterocycles. The number of thiazole rings is 1. The summed E-state index contributed by atoms with van der Waals surface area (Å²) in [7, 11) is 4.82. The Labute approximate surface area is 122 Å². The molecule has 0 saturated carbocycles. The molecule has 6 heteroatoms. The summed E-state index contributed by atoms with van der Waals surface area (Å²) in [6.45, 7) is 0. The van der Waals surface area contributed by atoms with Crippen LogP contribution in [-0.4, -0.2) is 26.3 Å². The number of hydrogen-bond acceptors (Lipinski definition) is 6. The zero-order chi connectivity index (χ0) is 14.5. The van der Waals surface area contributed by atoms with Gasteiger partial charge in [-0.2, -0.15) is 0 Å². The number of rotatable bonds is 6. The molecule has 0 aliphatic carbocycles. The average molecular weight is 294 g/mol. The van der Waals surface area contributed by atoms with E-state index >= 15 is 0 Å². The van der Waals surface area contributed by atoms with Crippen LogP contribution in [-0.2, 0) is 6.42 Å². The first kappa shape index (κ1) is 14.6. The van der Waals surface area contributed by atoms with Gasteiger partial charge in [0.05, 0.1) is 38.6 Å². The van der Waals surface area contributed by atoms with Gasteiger partial charge in [-0.15, -0.1) is 11.3 Å². The van der Waals surface area contributed by atoms with E-state index in [-0.39, 0.29) is 6.04 Å². The normalized spacial score (nSPS) is 12.0. The van der Waals surface area contributed by atoms with Gasteiger partial charge in [0.1, 0.15) is 5.75 Å². The van der Waals surface area contributed by atoms with Gasteiger partial charge >= 0.3 is 0 Å². The van der Waals surface area contributed by atoms with Crippen LogP contribution in [0.15, 0.2) is 23.0 Å². The Bertz CT molecular complexity index is 558.